The maximum Gasteiger partial charge on any atom is 0.0431 e. The van der Waals surface area contributed by atoms with Crippen molar-refractivity contribution in [1.82, 2.24) is 0 Å². The van der Waals surface area contributed by atoms with Gasteiger partial charge in [-0.25, -0.2) is 0 Å². The Bertz CT molecular complexity index is 220. The van der Waals surface area contributed by atoms with Crippen LogP contribution in [0, 0.1) is 17.3 Å². The maximum atomic E-state index is 8.79. The van der Waals surface area contributed by atoms with Crippen LogP contribution in [0.5, 0.6) is 0 Å². The van der Waals surface area contributed by atoms with Crippen LogP contribution in [0.2, 0.25) is 0 Å². The highest BCUT2D eigenvalue weighted by Crippen LogP contribution is 2.31. The molecule has 0 saturated carbocycles. The quantitative estimate of drug-likeness (QED) is 0.359. The predicted octanol–water partition coefficient (Wildman–Crippen LogP) is 6.59. The first-order valence-electron chi connectivity index (χ1n) is 9.48. The van der Waals surface area contributed by atoms with Crippen LogP contribution in [0.25, 0.3) is 0 Å². The Hall–Kier alpha value is -0.0400. The van der Waals surface area contributed by atoms with Gasteiger partial charge in [-0.3, -0.25) is 0 Å². The molecule has 1 unspecified atom stereocenters. The highest BCUT2D eigenvalue weighted by Gasteiger charge is 2.17. The number of unbranched alkanes of at least 4 members (excludes halogenated alkanes) is 3. The van der Waals surface area contributed by atoms with Crippen LogP contribution >= 0.6 is 0 Å². The van der Waals surface area contributed by atoms with Gasteiger partial charge in [0.15, 0.2) is 0 Å². The molecular formula is C20H42O. The molecule has 0 rings (SSSR count). The lowest BCUT2D eigenvalue weighted by atomic mass is 9.81. The largest absolute Gasteiger partial charge is 0.396 e. The van der Waals surface area contributed by atoms with Crippen LogP contribution in [0.4, 0.5) is 0 Å². The predicted molar refractivity (Wildman–Crippen MR) is 95.7 cm³/mol. The summed E-state index contributed by atoms with van der Waals surface area (Å²) >= 11 is 0. The number of hydrogen-bond acceptors (Lipinski definition) is 1. The summed E-state index contributed by atoms with van der Waals surface area (Å²) in [5, 5.41) is 8.79. The van der Waals surface area contributed by atoms with Crippen molar-refractivity contribution in [3.8, 4) is 0 Å². The summed E-state index contributed by atoms with van der Waals surface area (Å²) in [4.78, 5) is 0. The topological polar surface area (TPSA) is 20.2 Å². The molecule has 0 saturated heterocycles. The number of rotatable bonds is 14. The summed E-state index contributed by atoms with van der Waals surface area (Å²) < 4.78 is 0. The van der Waals surface area contributed by atoms with E-state index in [1.54, 1.807) is 0 Å². The van der Waals surface area contributed by atoms with Gasteiger partial charge in [0, 0.05) is 6.61 Å². The van der Waals surface area contributed by atoms with E-state index in [4.69, 9.17) is 5.11 Å². The van der Waals surface area contributed by atoms with E-state index in [1.807, 2.05) is 0 Å². The zero-order chi connectivity index (χ0) is 16.1. The van der Waals surface area contributed by atoms with E-state index in [-0.39, 0.29) is 0 Å². The molecule has 128 valence electrons. The summed E-state index contributed by atoms with van der Waals surface area (Å²) in [6.45, 7) is 12.3. The first kappa shape index (κ1) is 21.0. The third-order valence-electron chi connectivity index (χ3n) is 4.79. The molecule has 0 amide bonds. The number of aliphatic hydroxyl groups is 1. The molecule has 0 spiro atoms. The Morgan fingerprint density at radius 2 is 1.29 bits per heavy atom. The zero-order valence-corrected chi connectivity index (χ0v) is 15.6. The average molecular weight is 299 g/mol. The Kier molecular flexibility index (Phi) is 12.5. The normalized spacial score (nSPS) is 13.9. The molecule has 0 aliphatic carbocycles. The summed E-state index contributed by atoms with van der Waals surface area (Å²) in [5.41, 5.74) is 0.511. The smallest absolute Gasteiger partial charge is 0.0431 e. The minimum absolute atomic E-state index is 0.359. The lowest BCUT2D eigenvalue weighted by molar-refractivity contribution is 0.263. The third-order valence-corrected chi connectivity index (χ3v) is 4.79. The second kappa shape index (κ2) is 12.5. The van der Waals surface area contributed by atoms with Gasteiger partial charge in [0.05, 0.1) is 0 Å². The first-order valence-corrected chi connectivity index (χ1v) is 9.48. The van der Waals surface area contributed by atoms with Crippen LogP contribution in [0.15, 0.2) is 0 Å². The molecule has 0 fully saturated rings. The van der Waals surface area contributed by atoms with Crippen LogP contribution < -0.4 is 0 Å². The average Bonchev–Trinajstić information content (AvgIpc) is 2.37. The van der Waals surface area contributed by atoms with Gasteiger partial charge >= 0.3 is 0 Å². The first-order chi connectivity index (χ1) is 9.87. The second-order valence-electron chi connectivity index (χ2n) is 8.37. The molecule has 0 radical (unpaired) electrons. The molecule has 0 aliphatic rings. The Morgan fingerprint density at radius 3 is 1.90 bits per heavy atom. The summed E-state index contributed by atoms with van der Waals surface area (Å²) in [6.07, 6.45) is 14.5. The van der Waals surface area contributed by atoms with Crippen LogP contribution in [-0.4, -0.2) is 11.7 Å². The highest BCUT2D eigenvalue weighted by atomic mass is 16.2. The summed E-state index contributed by atoms with van der Waals surface area (Å²) in [5.74, 6) is 1.77. The fraction of sp³-hybridized carbons (Fsp3) is 1.00. The fourth-order valence-corrected chi connectivity index (χ4v) is 3.14. The lowest BCUT2D eigenvalue weighted by Crippen LogP contribution is -2.12. The van der Waals surface area contributed by atoms with Gasteiger partial charge in [0.1, 0.15) is 0 Å². The van der Waals surface area contributed by atoms with Gasteiger partial charge < -0.3 is 5.11 Å². The number of aliphatic hydroxyl groups excluding tert-OH is 1. The van der Waals surface area contributed by atoms with E-state index >= 15 is 0 Å². The Morgan fingerprint density at radius 1 is 0.714 bits per heavy atom. The monoisotopic (exact) mass is 298 g/mol. The van der Waals surface area contributed by atoms with E-state index in [1.165, 1.54) is 64.2 Å². The summed E-state index contributed by atoms with van der Waals surface area (Å²) in [6, 6.07) is 0. The fourth-order valence-electron chi connectivity index (χ4n) is 3.14. The Balaban J connectivity index is 3.58. The van der Waals surface area contributed by atoms with Crippen molar-refractivity contribution < 1.29 is 5.11 Å². The van der Waals surface area contributed by atoms with Crippen molar-refractivity contribution in [1.29, 1.82) is 0 Å². The molecule has 0 bridgehead atoms. The van der Waals surface area contributed by atoms with Crippen LogP contribution in [-0.2, 0) is 0 Å². The minimum Gasteiger partial charge on any atom is -0.396 e. The zero-order valence-electron chi connectivity index (χ0n) is 15.6. The molecule has 0 aromatic carbocycles. The third kappa shape index (κ3) is 14.7. The van der Waals surface area contributed by atoms with Gasteiger partial charge in [0.25, 0.3) is 0 Å². The van der Waals surface area contributed by atoms with E-state index in [0.29, 0.717) is 12.0 Å². The molecule has 0 heterocycles. The number of hydrogen-bond donors (Lipinski definition) is 1. The molecule has 0 aliphatic heterocycles. The van der Waals surface area contributed by atoms with Gasteiger partial charge in [-0.1, -0.05) is 86.0 Å². The van der Waals surface area contributed by atoms with Crippen molar-refractivity contribution >= 4 is 0 Å². The van der Waals surface area contributed by atoms with E-state index in [0.717, 1.165) is 18.3 Å². The van der Waals surface area contributed by atoms with Crippen LogP contribution in [0.3, 0.4) is 0 Å². The second-order valence-corrected chi connectivity index (χ2v) is 8.37. The van der Waals surface area contributed by atoms with Gasteiger partial charge in [-0.05, 0) is 36.5 Å². The van der Waals surface area contributed by atoms with E-state index in [9.17, 15) is 0 Å². The molecule has 1 heteroatoms. The minimum atomic E-state index is 0.359. The maximum absolute atomic E-state index is 8.79. The summed E-state index contributed by atoms with van der Waals surface area (Å²) in [7, 11) is 0. The molecule has 0 aromatic heterocycles. The van der Waals surface area contributed by atoms with Gasteiger partial charge in [-0.15, -0.1) is 0 Å². The molecule has 1 atom stereocenters. The standard InChI is InChI=1S/C20H42O/c1-18(2)12-10-13-19(3)14-11-16-20(4,5)15-8-6-7-9-17-21/h18-19,21H,6-17H2,1-5H3. The lowest BCUT2D eigenvalue weighted by Gasteiger charge is -2.25. The Labute approximate surface area is 134 Å². The van der Waals surface area contributed by atoms with Crippen molar-refractivity contribution in [2.45, 2.75) is 105 Å². The highest BCUT2D eigenvalue weighted by molar-refractivity contribution is 4.69. The van der Waals surface area contributed by atoms with Gasteiger partial charge in [0.2, 0.25) is 0 Å². The van der Waals surface area contributed by atoms with Crippen molar-refractivity contribution in [2.75, 3.05) is 6.61 Å². The molecular weight excluding hydrogens is 256 g/mol. The molecule has 1 nitrogen and oxygen atoms in total. The van der Waals surface area contributed by atoms with Crippen molar-refractivity contribution in [2.24, 2.45) is 17.3 Å². The van der Waals surface area contributed by atoms with Crippen LogP contribution in [0.1, 0.15) is 105 Å². The molecule has 0 aromatic rings. The SMILES string of the molecule is CC(C)CCCC(C)CCCC(C)(C)CCCCCCO. The van der Waals surface area contributed by atoms with Crippen molar-refractivity contribution in [3.05, 3.63) is 0 Å². The van der Waals surface area contributed by atoms with E-state index < -0.39 is 0 Å². The molecule has 21 heavy (non-hydrogen) atoms. The van der Waals surface area contributed by atoms with Crippen molar-refractivity contribution in [3.63, 3.8) is 0 Å². The molecule has 1 N–H and O–H groups in total. The van der Waals surface area contributed by atoms with Gasteiger partial charge in [-0.2, -0.15) is 0 Å². The van der Waals surface area contributed by atoms with E-state index in [2.05, 4.69) is 34.6 Å².